The average Bonchev–Trinajstić information content (AvgIpc) is 2.56. The fraction of sp³-hybridized carbons (Fsp3) is 0.167. The molecule has 0 N–H and O–H groups in total. The molecule has 0 saturated heterocycles. The quantitative estimate of drug-likeness (QED) is 0.793. The lowest BCUT2D eigenvalue weighted by Gasteiger charge is -2.11. The van der Waals surface area contributed by atoms with E-state index in [1.54, 1.807) is 14.2 Å². The van der Waals surface area contributed by atoms with E-state index >= 15 is 0 Å². The molecule has 3 nitrogen and oxygen atoms in total. The largest absolute Gasteiger partial charge is 0.497 e. The Morgan fingerprint density at radius 2 is 1.19 bits per heavy atom. The van der Waals surface area contributed by atoms with Gasteiger partial charge in [-0.15, -0.1) is 0 Å². The third kappa shape index (κ3) is 3.24. The second-order valence-corrected chi connectivity index (χ2v) is 4.57. The summed E-state index contributed by atoms with van der Waals surface area (Å²) in [5, 5.41) is 9.27. The van der Waals surface area contributed by atoms with E-state index in [2.05, 4.69) is 6.07 Å². The van der Waals surface area contributed by atoms with E-state index in [1.165, 1.54) is 0 Å². The third-order valence-electron chi connectivity index (χ3n) is 3.30. The molecular formula is C18H17NO2. The number of hydrogen-bond donors (Lipinski definition) is 0. The van der Waals surface area contributed by atoms with Crippen LogP contribution in [-0.4, -0.2) is 14.2 Å². The summed E-state index contributed by atoms with van der Waals surface area (Å²) in [5.74, 6) is 1.59. The minimum atomic E-state index is 0.672. The summed E-state index contributed by atoms with van der Waals surface area (Å²) in [6.45, 7) is 1.82. The van der Waals surface area contributed by atoms with Crippen LogP contribution >= 0.6 is 0 Å². The summed E-state index contributed by atoms with van der Waals surface area (Å²) in [4.78, 5) is 0. The van der Waals surface area contributed by atoms with E-state index in [9.17, 15) is 5.26 Å². The van der Waals surface area contributed by atoms with E-state index < -0.39 is 0 Å². The Labute approximate surface area is 125 Å². The Morgan fingerprint density at radius 1 is 0.810 bits per heavy atom. The van der Waals surface area contributed by atoms with Gasteiger partial charge in [0.25, 0.3) is 0 Å². The molecule has 0 aliphatic heterocycles. The van der Waals surface area contributed by atoms with Gasteiger partial charge in [0.2, 0.25) is 0 Å². The van der Waals surface area contributed by atoms with Crippen LogP contribution in [0, 0.1) is 11.3 Å². The molecule has 21 heavy (non-hydrogen) atoms. The van der Waals surface area contributed by atoms with Crippen molar-refractivity contribution in [2.75, 3.05) is 14.2 Å². The zero-order chi connectivity index (χ0) is 15.2. The van der Waals surface area contributed by atoms with Gasteiger partial charge in [-0.1, -0.05) is 24.3 Å². The van der Waals surface area contributed by atoms with Crippen LogP contribution in [0.3, 0.4) is 0 Å². The lowest BCUT2D eigenvalue weighted by Crippen LogP contribution is -1.93. The van der Waals surface area contributed by atoms with E-state index in [-0.39, 0.29) is 0 Å². The highest BCUT2D eigenvalue weighted by Gasteiger charge is 2.09. The molecule has 3 heteroatoms. The fourth-order valence-electron chi connectivity index (χ4n) is 2.17. The van der Waals surface area contributed by atoms with Gasteiger partial charge in [-0.05, 0) is 42.3 Å². The number of nitriles is 1. The predicted octanol–water partition coefficient (Wildman–Crippen LogP) is 4.05. The van der Waals surface area contributed by atoms with Crippen LogP contribution < -0.4 is 9.47 Å². The highest BCUT2D eigenvalue weighted by molar-refractivity contribution is 5.84. The van der Waals surface area contributed by atoms with Crippen molar-refractivity contribution in [2.45, 2.75) is 6.92 Å². The molecule has 0 saturated carbocycles. The van der Waals surface area contributed by atoms with Gasteiger partial charge in [-0.2, -0.15) is 5.26 Å². The van der Waals surface area contributed by atoms with Gasteiger partial charge in [0.15, 0.2) is 0 Å². The van der Waals surface area contributed by atoms with Gasteiger partial charge >= 0.3 is 0 Å². The summed E-state index contributed by atoms with van der Waals surface area (Å²) in [5.41, 5.74) is 3.56. The first kappa shape index (κ1) is 14.7. The first-order valence-corrected chi connectivity index (χ1v) is 6.59. The summed E-state index contributed by atoms with van der Waals surface area (Å²) < 4.78 is 10.3. The lowest BCUT2D eigenvalue weighted by molar-refractivity contribution is 0.414. The van der Waals surface area contributed by atoms with E-state index in [0.717, 1.165) is 28.2 Å². The minimum Gasteiger partial charge on any atom is -0.497 e. The smallest absolute Gasteiger partial charge is 0.118 e. The normalized spacial score (nSPS) is 9.62. The van der Waals surface area contributed by atoms with Crippen LogP contribution in [0.25, 0.3) is 5.57 Å². The maximum Gasteiger partial charge on any atom is 0.118 e. The molecule has 2 rings (SSSR count). The average molecular weight is 279 g/mol. The van der Waals surface area contributed by atoms with Gasteiger partial charge in [0.05, 0.1) is 20.3 Å². The Kier molecular flexibility index (Phi) is 4.63. The highest BCUT2D eigenvalue weighted by Crippen LogP contribution is 2.29. The third-order valence-corrected chi connectivity index (χ3v) is 3.30. The van der Waals surface area contributed by atoms with E-state index in [0.29, 0.717) is 5.57 Å². The first-order valence-electron chi connectivity index (χ1n) is 6.59. The highest BCUT2D eigenvalue weighted by atomic mass is 16.5. The summed E-state index contributed by atoms with van der Waals surface area (Å²) in [6.07, 6.45) is 0. The maximum atomic E-state index is 9.27. The Morgan fingerprint density at radius 3 is 1.48 bits per heavy atom. The van der Waals surface area contributed by atoms with Crippen molar-refractivity contribution >= 4 is 5.57 Å². The van der Waals surface area contributed by atoms with Crippen molar-refractivity contribution in [3.63, 3.8) is 0 Å². The number of allylic oxidation sites excluding steroid dienone is 1. The second-order valence-electron chi connectivity index (χ2n) is 4.57. The number of nitrogens with zero attached hydrogens (tertiary/aromatic N) is 1. The van der Waals surface area contributed by atoms with Crippen molar-refractivity contribution in [1.82, 2.24) is 0 Å². The topological polar surface area (TPSA) is 42.2 Å². The molecule has 0 heterocycles. The molecule has 0 atom stereocenters. The van der Waals surface area contributed by atoms with Crippen molar-refractivity contribution in [1.29, 1.82) is 5.26 Å². The standard InChI is InChI=1S/C18H17NO2/c1-13(12-19)18(14-4-8-16(20-2)9-5-14)15-6-10-17(21-3)11-7-15/h4-11H,1-3H3. The van der Waals surface area contributed by atoms with Gasteiger partial charge < -0.3 is 9.47 Å². The van der Waals surface area contributed by atoms with Crippen LogP contribution in [-0.2, 0) is 0 Å². The molecule has 0 aliphatic rings. The molecule has 0 spiro atoms. The zero-order valence-electron chi connectivity index (χ0n) is 12.4. The van der Waals surface area contributed by atoms with Gasteiger partial charge in [-0.25, -0.2) is 0 Å². The molecule has 2 aromatic rings. The molecule has 2 aromatic carbocycles. The summed E-state index contributed by atoms with van der Waals surface area (Å²) >= 11 is 0. The van der Waals surface area contributed by atoms with Gasteiger partial charge in [-0.3, -0.25) is 0 Å². The van der Waals surface area contributed by atoms with Crippen molar-refractivity contribution in [3.05, 3.63) is 65.2 Å². The van der Waals surface area contributed by atoms with Crippen LogP contribution in [0.1, 0.15) is 18.1 Å². The molecule has 0 aromatic heterocycles. The molecule has 0 amide bonds. The molecule has 0 fully saturated rings. The number of hydrogen-bond acceptors (Lipinski definition) is 3. The summed E-state index contributed by atoms with van der Waals surface area (Å²) in [6, 6.07) is 17.6. The zero-order valence-corrected chi connectivity index (χ0v) is 12.4. The minimum absolute atomic E-state index is 0.672. The van der Waals surface area contributed by atoms with Crippen LogP contribution in [0.15, 0.2) is 54.1 Å². The lowest BCUT2D eigenvalue weighted by atomic mass is 9.94. The molecule has 0 radical (unpaired) electrons. The second kappa shape index (κ2) is 6.62. The number of rotatable bonds is 4. The van der Waals surface area contributed by atoms with E-state index in [4.69, 9.17) is 9.47 Å². The van der Waals surface area contributed by atoms with Crippen LogP contribution in [0.5, 0.6) is 11.5 Å². The number of methoxy groups -OCH3 is 2. The predicted molar refractivity (Wildman–Crippen MR) is 83.3 cm³/mol. The molecule has 0 unspecified atom stereocenters. The Balaban J connectivity index is 2.50. The molecule has 0 bridgehead atoms. The van der Waals surface area contributed by atoms with Crippen LogP contribution in [0.2, 0.25) is 0 Å². The van der Waals surface area contributed by atoms with Gasteiger partial charge in [0, 0.05) is 11.1 Å². The van der Waals surface area contributed by atoms with Crippen molar-refractivity contribution < 1.29 is 9.47 Å². The Hall–Kier alpha value is -2.73. The maximum absolute atomic E-state index is 9.27. The number of benzene rings is 2. The summed E-state index contributed by atoms with van der Waals surface area (Å²) in [7, 11) is 3.27. The van der Waals surface area contributed by atoms with E-state index in [1.807, 2.05) is 55.5 Å². The molecule has 106 valence electrons. The fourth-order valence-corrected chi connectivity index (χ4v) is 2.17. The van der Waals surface area contributed by atoms with Crippen LogP contribution in [0.4, 0.5) is 0 Å². The van der Waals surface area contributed by atoms with Crippen molar-refractivity contribution in [2.24, 2.45) is 0 Å². The SMILES string of the molecule is COc1ccc(C(=C(C)C#N)c2ccc(OC)cc2)cc1. The molecule has 0 aliphatic carbocycles. The Bertz CT molecular complexity index is 627. The molecular weight excluding hydrogens is 262 g/mol. The number of ether oxygens (including phenoxy) is 2. The van der Waals surface area contributed by atoms with Crippen molar-refractivity contribution in [3.8, 4) is 17.6 Å². The first-order chi connectivity index (χ1) is 10.2. The monoisotopic (exact) mass is 279 g/mol. The van der Waals surface area contributed by atoms with Gasteiger partial charge in [0.1, 0.15) is 11.5 Å².